The molecular formula is C16H19F4N5O. The molecule has 0 unspecified atom stereocenters. The third kappa shape index (κ3) is 3.27. The van der Waals surface area contributed by atoms with Gasteiger partial charge in [0.05, 0.1) is 24.8 Å². The third-order valence-electron chi connectivity index (χ3n) is 5.29. The summed E-state index contributed by atoms with van der Waals surface area (Å²) < 4.78 is 51.1. The summed E-state index contributed by atoms with van der Waals surface area (Å²) in [4.78, 5) is 23.1. The van der Waals surface area contributed by atoms with Crippen molar-refractivity contribution in [2.45, 2.75) is 43.8 Å². The van der Waals surface area contributed by atoms with Crippen LogP contribution in [-0.2, 0) is 23.9 Å². The van der Waals surface area contributed by atoms with E-state index in [0.29, 0.717) is 43.7 Å². The number of hydrogen-bond acceptors (Lipinski definition) is 5. The van der Waals surface area contributed by atoms with Crippen molar-refractivity contribution in [1.82, 2.24) is 25.1 Å². The van der Waals surface area contributed by atoms with Gasteiger partial charge in [-0.15, -0.1) is 0 Å². The van der Waals surface area contributed by atoms with Gasteiger partial charge in [-0.3, -0.25) is 9.69 Å². The molecule has 3 aliphatic rings. The second-order valence-electron chi connectivity index (χ2n) is 7.07. The van der Waals surface area contributed by atoms with Crippen LogP contribution in [0, 0.1) is 0 Å². The van der Waals surface area contributed by atoms with Crippen LogP contribution < -0.4 is 5.32 Å². The zero-order valence-electron chi connectivity index (χ0n) is 14.0. The molecule has 10 heteroatoms. The van der Waals surface area contributed by atoms with E-state index in [1.807, 2.05) is 0 Å². The molecule has 6 nitrogen and oxygen atoms in total. The third-order valence-corrected chi connectivity index (χ3v) is 5.29. The van der Waals surface area contributed by atoms with Crippen molar-refractivity contribution in [2.75, 3.05) is 26.2 Å². The number of nitrogens with one attached hydrogen (secondary N) is 1. The topological polar surface area (TPSA) is 61.4 Å². The lowest BCUT2D eigenvalue weighted by molar-refractivity contribution is -0.145. The number of likely N-dealkylation sites (tertiary alicyclic amines) is 1. The van der Waals surface area contributed by atoms with Crippen molar-refractivity contribution in [3.63, 3.8) is 0 Å². The molecule has 1 aromatic heterocycles. The highest BCUT2D eigenvalue weighted by molar-refractivity contribution is 5.83. The van der Waals surface area contributed by atoms with Crippen molar-refractivity contribution in [3.8, 4) is 0 Å². The van der Waals surface area contributed by atoms with E-state index in [1.54, 1.807) is 0 Å². The largest absolute Gasteiger partial charge is 0.451 e. The lowest BCUT2D eigenvalue weighted by atomic mass is 10.0. The zero-order chi connectivity index (χ0) is 18.5. The number of halogens is 4. The number of alkyl halides is 4. The molecule has 4 rings (SSSR count). The second kappa shape index (κ2) is 6.41. The molecule has 0 radical (unpaired) electrons. The summed E-state index contributed by atoms with van der Waals surface area (Å²) in [5.74, 6) is -1.17. The van der Waals surface area contributed by atoms with Crippen LogP contribution in [0.3, 0.4) is 0 Å². The van der Waals surface area contributed by atoms with E-state index in [-0.39, 0.29) is 31.1 Å². The Kier molecular flexibility index (Phi) is 4.34. The number of rotatable bonds is 2. The average molecular weight is 373 g/mol. The highest BCUT2D eigenvalue weighted by Crippen LogP contribution is 2.29. The fourth-order valence-electron chi connectivity index (χ4n) is 3.79. The molecule has 142 valence electrons. The summed E-state index contributed by atoms with van der Waals surface area (Å²) in [5, 5.41) is 3.19. The molecule has 2 atom stereocenters. The highest BCUT2D eigenvalue weighted by Gasteiger charge is 2.40. The lowest BCUT2D eigenvalue weighted by Crippen LogP contribution is -2.56. The van der Waals surface area contributed by atoms with Gasteiger partial charge in [0.25, 0.3) is 0 Å². The van der Waals surface area contributed by atoms with E-state index in [9.17, 15) is 22.4 Å². The molecule has 0 saturated carbocycles. The summed E-state index contributed by atoms with van der Waals surface area (Å²) in [6, 6.07) is -0.209. The molecule has 0 spiro atoms. The molecule has 2 fully saturated rings. The van der Waals surface area contributed by atoms with E-state index >= 15 is 0 Å². The first-order valence-corrected chi connectivity index (χ1v) is 8.63. The minimum atomic E-state index is -4.54. The summed E-state index contributed by atoms with van der Waals surface area (Å²) in [7, 11) is 0. The lowest BCUT2D eigenvalue weighted by Gasteiger charge is -2.36. The molecule has 1 amide bonds. The van der Waals surface area contributed by atoms with Gasteiger partial charge < -0.3 is 10.2 Å². The van der Waals surface area contributed by atoms with Gasteiger partial charge in [0.15, 0.2) is 0 Å². The van der Waals surface area contributed by atoms with E-state index in [4.69, 9.17) is 0 Å². The number of carbonyl (C=O) groups is 1. The zero-order valence-corrected chi connectivity index (χ0v) is 14.0. The molecule has 0 aromatic carbocycles. The van der Waals surface area contributed by atoms with Crippen LogP contribution in [0.1, 0.15) is 23.5 Å². The van der Waals surface area contributed by atoms with Gasteiger partial charge in [0.1, 0.15) is 6.17 Å². The molecule has 26 heavy (non-hydrogen) atoms. The van der Waals surface area contributed by atoms with Gasteiger partial charge in [0, 0.05) is 43.9 Å². The van der Waals surface area contributed by atoms with Crippen LogP contribution in [0.2, 0.25) is 0 Å². The fraction of sp³-hybridized carbons (Fsp3) is 0.688. The predicted molar refractivity (Wildman–Crippen MR) is 82.8 cm³/mol. The van der Waals surface area contributed by atoms with Gasteiger partial charge in [-0.1, -0.05) is 0 Å². The predicted octanol–water partition coefficient (Wildman–Crippen LogP) is 0.764. The van der Waals surface area contributed by atoms with Crippen molar-refractivity contribution >= 4 is 5.91 Å². The van der Waals surface area contributed by atoms with Crippen LogP contribution in [0.25, 0.3) is 0 Å². The SMILES string of the molecule is O=C([C@@H]1C[C@H](N2CCc3nc(C(F)(F)F)ncc3C2)CN1)N1CC(F)C1. The highest BCUT2D eigenvalue weighted by atomic mass is 19.4. The van der Waals surface area contributed by atoms with Gasteiger partial charge in [0.2, 0.25) is 11.7 Å². The van der Waals surface area contributed by atoms with Crippen LogP contribution in [0.4, 0.5) is 17.6 Å². The smallest absolute Gasteiger partial charge is 0.335 e. The molecular weight excluding hydrogens is 354 g/mol. The van der Waals surface area contributed by atoms with Crippen LogP contribution in [0.5, 0.6) is 0 Å². The van der Waals surface area contributed by atoms with E-state index in [0.717, 1.165) is 0 Å². The van der Waals surface area contributed by atoms with Crippen molar-refractivity contribution in [2.24, 2.45) is 0 Å². The Morgan fingerprint density at radius 1 is 1.31 bits per heavy atom. The monoisotopic (exact) mass is 373 g/mol. The molecule has 4 heterocycles. The van der Waals surface area contributed by atoms with Gasteiger partial charge in [-0.25, -0.2) is 14.4 Å². The van der Waals surface area contributed by atoms with Crippen LogP contribution >= 0.6 is 0 Å². The Morgan fingerprint density at radius 2 is 2.08 bits per heavy atom. The Hall–Kier alpha value is -1.81. The Labute approximate surface area is 147 Å². The quantitative estimate of drug-likeness (QED) is 0.776. The molecule has 3 aliphatic heterocycles. The Balaban J connectivity index is 1.38. The number of amides is 1. The summed E-state index contributed by atoms with van der Waals surface area (Å²) in [6.07, 6.45) is -3.17. The number of fused-ring (bicyclic) bond motifs is 1. The molecule has 0 aliphatic carbocycles. The first kappa shape index (κ1) is 17.6. The normalized spacial score (nSPS) is 27.3. The summed E-state index contributed by atoms with van der Waals surface area (Å²) in [5.41, 5.74) is 1.14. The number of aromatic nitrogens is 2. The van der Waals surface area contributed by atoms with Crippen molar-refractivity contribution in [1.29, 1.82) is 0 Å². The minimum Gasteiger partial charge on any atom is -0.335 e. The molecule has 0 bridgehead atoms. The molecule has 1 aromatic rings. The van der Waals surface area contributed by atoms with E-state index in [1.165, 1.54) is 11.1 Å². The maximum absolute atomic E-state index is 12.9. The number of nitrogens with zero attached hydrogens (tertiary/aromatic N) is 4. The molecule has 2 saturated heterocycles. The van der Waals surface area contributed by atoms with Gasteiger partial charge in [-0.05, 0) is 6.42 Å². The van der Waals surface area contributed by atoms with Gasteiger partial charge in [-0.2, -0.15) is 13.2 Å². The van der Waals surface area contributed by atoms with Crippen molar-refractivity contribution < 1.29 is 22.4 Å². The maximum atomic E-state index is 12.9. The number of carbonyl (C=O) groups excluding carboxylic acids is 1. The Bertz CT molecular complexity index is 706. The van der Waals surface area contributed by atoms with Crippen LogP contribution in [-0.4, -0.2) is 70.1 Å². The standard InChI is InChI=1S/C16H19F4N5O/c17-10-7-25(8-10)14(26)13-3-11(5-21-13)24-2-1-12-9(6-24)4-22-15(23-12)16(18,19)20/h4,10-11,13,21H,1-3,5-8H2/t11-,13-/m0/s1. The molecule has 1 N–H and O–H groups in total. The Morgan fingerprint density at radius 3 is 2.77 bits per heavy atom. The average Bonchev–Trinajstić information content (AvgIpc) is 3.07. The van der Waals surface area contributed by atoms with E-state index in [2.05, 4.69) is 20.2 Å². The van der Waals surface area contributed by atoms with Gasteiger partial charge >= 0.3 is 6.18 Å². The van der Waals surface area contributed by atoms with Crippen molar-refractivity contribution in [3.05, 3.63) is 23.3 Å². The summed E-state index contributed by atoms with van der Waals surface area (Å²) >= 11 is 0. The second-order valence-corrected chi connectivity index (χ2v) is 7.07. The minimum absolute atomic E-state index is 0.0723. The first-order chi connectivity index (χ1) is 12.3. The fourth-order valence-corrected chi connectivity index (χ4v) is 3.79. The summed E-state index contributed by atoms with van der Waals surface area (Å²) in [6.45, 7) is 2.01. The number of hydrogen-bond donors (Lipinski definition) is 1. The van der Waals surface area contributed by atoms with Crippen LogP contribution in [0.15, 0.2) is 6.20 Å². The van der Waals surface area contributed by atoms with E-state index < -0.39 is 18.2 Å². The first-order valence-electron chi connectivity index (χ1n) is 8.63. The maximum Gasteiger partial charge on any atom is 0.451 e.